The number of fused-ring (bicyclic) bond motifs is 2. The van der Waals surface area contributed by atoms with E-state index in [2.05, 4.69) is 5.32 Å². The van der Waals surface area contributed by atoms with Gasteiger partial charge in [0, 0.05) is 16.5 Å². The molecule has 1 aliphatic heterocycles. The lowest BCUT2D eigenvalue weighted by atomic mass is 10.2. The summed E-state index contributed by atoms with van der Waals surface area (Å²) in [6.07, 6.45) is -1.01. The SMILES string of the molecule is C[C@H](OC(=O)c1cc2cc(F)ccc2s1)C(=O)Nc1ccc2c(c1)OCCO2. The molecule has 0 saturated carbocycles. The lowest BCUT2D eigenvalue weighted by Gasteiger charge is -2.19. The highest BCUT2D eigenvalue weighted by atomic mass is 32.1. The second kappa shape index (κ2) is 7.47. The van der Waals surface area contributed by atoms with Crippen LogP contribution in [0.1, 0.15) is 16.6 Å². The third-order valence-electron chi connectivity index (χ3n) is 4.14. The van der Waals surface area contributed by atoms with Crippen molar-refractivity contribution in [2.45, 2.75) is 13.0 Å². The van der Waals surface area contributed by atoms with Crippen molar-refractivity contribution in [2.75, 3.05) is 18.5 Å². The van der Waals surface area contributed by atoms with Gasteiger partial charge in [0.05, 0.1) is 0 Å². The molecular weight excluding hydrogens is 385 g/mol. The standard InChI is InChI=1S/C20H16FNO5S/c1-11(19(23)22-14-3-4-15-16(10-14)26-7-6-25-15)27-20(24)18-9-12-8-13(21)2-5-17(12)28-18/h2-5,8-11H,6-7H2,1H3,(H,22,23)/t11-/m0/s1. The lowest BCUT2D eigenvalue weighted by molar-refractivity contribution is -0.123. The molecule has 0 bridgehead atoms. The average molecular weight is 401 g/mol. The Morgan fingerprint density at radius 1 is 1.11 bits per heavy atom. The molecular formula is C20H16FNO5S. The first-order chi connectivity index (χ1) is 13.5. The number of hydrogen-bond donors (Lipinski definition) is 1. The average Bonchev–Trinajstić information content (AvgIpc) is 3.11. The first-order valence-electron chi connectivity index (χ1n) is 8.60. The fourth-order valence-electron chi connectivity index (χ4n) is 2.75. The van der Waals surface area contributed by atoms with Gasteiger partial charge >= 0.3 is 5.97 Å². The van der Waals surface area contributed by atoms with Crippen molar-refractivity contribution in [2.24, 2.45) is 0 Å². The van der Waals surface area contributed by atoms with E-state index in [0.29, 0.717) is 40.7 Å². The number of anilines is 1. The Labute approximate surface area is 163 Å². The molecule has 1 aromatic heterocycles. The quantitative estimate of drug-likeness (QED) is 0.669. The number of ether oxygens (including phenoxy) is 3. The van der Waals surface area contributed by atoms with E-state index in [4.69, 9.17) is 14.2 Å². The summed E-state index contributed by atoms with van der Waals surface area (Å²) < 4.78 is 30.2. The summed E-state index contributed by atoms with van der Waals surface area (Å²) in [5, 5.41) is 3.30. The van der Waals surface area contributed by atoms with Crippen LogP contribution in [-0.4, -0.2) is 31.2 Å². The van der Waals surface area contributed by atoms with Gasteiger partial charge in [0.15, 0.2) is 17.6 Å². The van der Waals surface area contributed by atoms with Gasteiger partial charge in [-0.3, -0.25) is 4.79 Å². The smallest absolute Gasteiger partial charge is 0.349 e. The molecule has 0 unspecified atom stereocenters. The fourth-order valence-corrected chi connectivity index (χ4v) is 3.68. The van der Waals surface area contributed by atoms with E-state index in [1.54, 1.807) is 30.3 Å². The monoisotopic (exact) mass is 401 g/mol. The molecule has 0 fully saturated rings. The molecule has 4 rings (SSSR count). The highest BCUT2D eigenvalue weighted by Crippen LogP contribution is 2.32. The topological polar surface area (TPSA) is 73.9 Å². The normalized spacial score (nSPS) is 13.8. The molecule has 3 aromatic rings. The number of rotatable bonds is 4. The molecule has 0 saturated heterocycles. The molecule has 2 heterocycles. The number of esters is 1. The van der Waals surface area contributed by atoms with Crippen LogP contribution >= 0.6 is 11.3 Å². The van der Waals surface area contributed by atoms with Gasteiger partial charge in [-0.05, 0) is 48.7 Å². The third kappa shape index (κ3) is 3.77. The minimum atomic E-state index is -1.01. The lowest BCUT2D eigenvalue weighted by Crippen LogP contribution is -2.29. The van der Waals surface area contributed by atoms with E-state index >= 15 is 0 Å². The zero-order valence-corrected chi connectivity index (χ0v) is 15.7. The number of amides is 1. The fraction of sp³-hybridized carbons (Fsp3) is 0.200. The molecule has 6 nitrogen and oxygen atoms in total. The van der Waals surface area contributed by atoms with Crippen molar-refractivity contribution in [1.29, 1.82) is 0 Å². The summed E-state index contributed by atoms with van der Waals surface area (Å²) in [5.41, 5.74) is 0.509. The summed E-state index contributed by atoms with van der Waals surface area (Å²) in [7, 11) is 0. The molecule has 1 amide bonds. The van der Waals surface area contributed by atoms with Gasteiger partial charge in [-0.1, -0.05) is 0 Å². The molecule has 1 N–H and O–H groups in total. The van der Waals surface area contributed by atoms with Gasteiger partial charge in [-0.15, -0.1) is 11.3 Å². The maximum absolute atomic E-state index is 13.3. The van der Waals surface area contributed by atoms with Gasteiger partial charge in [0.1, 0.15) is 23.9 Å². The minimum absolute atomic E-state index is 0.305. The number of nitrogens with one attached hydrogen (secondary N) is 1. The van der Waals surface area contributed by atoms with Crippen molar-refractivity contribution in [3.8, 4) is 11.5 Å². The molecule has 0 radical (unpaired) electrons. The zero-order valence-electron chi connectivity index (χ0n) is 14.9. The summed E-state index contributed by atoms with van der Waals surface area (Å²) in [6.45, 7) is 2.41. The second-order valence-electron chi connectivity index (χ2n) is 6.19. The number of thiophene rings is 1. The van der Waals surface area contributed by atoms with Crippen molar-refractivity contribution in [1.82, 2.24) is 0 Å². The summed E-state index contributed by atoms with van der Waals surface area (Å²) in [5.74, 6) is -0.322. The van der Waals surface area contributed by atoms with Crippen molar-refractivity contribution in [3.63, 3.8) is 0 Å². The molecule has 2 aromatic carbocycles. The number of carbonyl (C=O) groups excluding carboxylic acids is 2. The number of benzene rings is 2. The Kier molecular flexibility index (Phi) is 4.87. The molecule has 0 spiro atoms. The van der Waals surface area contributed by atoms with Crippen LogP contribution in [0.2, 0.25) is 0 Å². The Morgan fingerprint density at radius 3 is 2.71 bits per heavy atom. The number of halogens is 1. The first-order valence-corrected chi connectivity index (χ1v) is 9.42. The Bertz CT molecular complexity index is 1060. The Hall–Kier alpha value is -3.13. The maximum Gasteiger partial charge on any atom is 0.349 e. The molecule has 1 atom stereocenters. The summed E-state index contributed by atoms with van der Waals surface area (Å²) in [6, 6.07) is 10.9. The largest absolute Gasteiger partial charge is 0.486 e. The first kappa shape index (κ1) is 18.2. The molecule has 144 valence electrons. The van der Waals surface area contributed by atoms with Crippen LogP contribution in [-0.2, 0) is 9.53 Å². The van der Waals surface area contributed by atoms with Gasteiger partial charge in [-0.25, -0.2) is 9.18 Å². The number of carbonyl (C=O) groups is 2. The van der Waals surface area contributed by atoms with Crippen LogP contribution < -0.4 is 14.8 Å². The van der Waals surface area contributed by atoms with Crippen LogP contribution in [0.25, 0.3) is 10.1 Å². The molecule has 0 aliphatic carbocycles. The minimum Gasteiger partial charge on any atom is -0.486 e. The van der Waals surface area contributed by atoms with Gasteiger partial charge < -0.3 is 19.5 Å². The van der Waals surface area contributed by atoms with Gasteiger partial charge in [0.25, 0.3) is 5.91 Å². The van der Waals surface area contributed by atoms with Crippen LogP contribution in [0.3, 0.4) is 0 Å². The van der Waals surface area contributed by atoms with Gasteiger partial charge in [0.2, 0.25) is 0 Å². The Morgan fingerprint density at radius 2 is 1.89 bits per heavy atom. The van der Waals surface area contributed by atoms with E-state index in [1.165, 1.54) is 30.4 Å². The summed E-state index contributed by atoms with van der Waals surface area (Å²) in [4.78, 5) is 25.0. The van der Waals surface area contributed by atoms with Crippen molar-refractivity contribution >= 4 is 39.0 Å². The van der Waals surface area contributed by atoms with E-state index in [-0.39, 0.29) is 5.82 Å². The van der Waals surface area contributed by atoms with E-state index in [9.17, 15) is 14.0 Å². The van der Waals surface area contributed by atoms with E-state index < -0.39 is 18.0 Å². The zero-order chi connectivity index (χ0) is 19.7. The van der Waals surface area contributed by atoms with Crippen LogP contribution in [0.4, 0.5) is 10.1 Å². The number of hydrogen-bond acceptors (Lipinski definition) is 6. The highest BCUT2D eigenvalue weighted by molar-refractivity contribution is 7.20. The van der Waals surface area contributed by atoms with Crippen molar-refractivity contribution < 1.29 is 28.2 Å². The second-order valence-corrected chi connectivity index (χ2v) is 7.27. The molecule has 8 heteroatoms. The van der Waals surface area contributed by atoms with Crippen LogP contribution in [0.15, 0.2) is 42.5 Å². The van der Waals surface area contributed by atoms with Crippen LogP contribution in [0, 0.1) is 5.82 Å². The van der Waals surface area contributed by atoms with E-state index in [1.807, 2.05) is 0 Å². The van der Waals surface area contributed by atoms with Crippen molar-refractivity contribution in [3.05, 3.63) is 53.2 Å². The Balaban J connectivity index is 1.41. The van der Waals surface area contributed by atoms with Gasteiger partial charge in [-0.2, -0.15) is 0 Å². The predicted octanol–water partition coefficient (Wildman–Crippen LogP) is 4.00. The molecule has 28 heavy (non-hydrogen) atoms. The maximum atomic E-state index is 13.3. The predicted molar refractivity (Wildman–Crippen MR) is 103 cm³/mol. The van der Waals surface area contributed by atoms with Crippen LogP contribution in [0.5, 0.6) is 11.5 Å². The third-order valence-corrected chi connectivity index (χ3v) is 5.24. The molecule has 1 aliphatic rings. The van der Waals surface area contributed by atoms with E-state index in [0.717, 1.165) is 4.70 Å². The summed E-state index contributed by atoms with van der Waals surface area (Å²) >= 11 is 1.18. The highest BCUT2D eigenvalue weighted by Gasteiger charge is 2.21.